The third-order valence-electron chi connectivity index (χ3n) is 6.05. The summed E-state index contributed by atoms with van der Waals surface area (Å²) in [7, 11) is 0. The van der Waals surface area contributed by atoms with Gasteiger partial charge < -0.3 is 10.6 Å². The number of halogens is 2. The Labute approximate surface area is 219 Å². The van der Waals surface area contributed by atoms with E-state index < -0.39 is 11.8 Å². The van der Waals surface area contributed by atoms with E-state index in [2.05, 4.69) is 44.0 Å². The van der Waals surface area contributed by atoms with Gasteiger partial charge in [-0.05, 0) is 41.8 Å². The highest BCUT2D eigenvalue weighted by molar-refractivity contribution is 6.35. The lowest BCUT2D eigenvalue weighted by molar-refractivity contribution is 0.626. The number of pyridine rings is 1. The van der Waals surface area contributed by atoms with Crippen molar-refractivity contribution >= 4 is 33.9 Å². The van der Waals surface area contributed by atoms with Gasteiger partial charge in [-0.15, -0.1) is 0 Å². The van der Waals surface area contributed by atoms with Crippen LogP contribution in [0.5, 0.6) is 0 Å². The normalized spacial score (nSPS) is 13.8. The molecule has 0 aliphatic heterocycles. The summed E-state index contributed by atoms with van der Waals surface area (Å²) in [6.07, 6.45) is 3.71. The van der Waals surface area contributed by atoms with Gasteiger partial charge >= 0.3 is 0 Å². The van der Waals surface area contributed by atoms with E-state index >= 15 is 0 Å². The molecule has 2 atom stereocenters. The third kappa shape index (κ3) is 5.08. The van der Waals surface area contributed by atoms with Gasteiger partial charge in [0.05, 0.1) is 41.4 Å². The number of H-pyrrole nitrogens is 1. The minimum absolute atomic E-state index is 0.0612. The molecule has 0 fully saturated rings. The van der Waals surface area contributed by atoms with Gasteiger partial charge in [-0.2, -0.15) is 20.7 Å². The maximum absolute atomic E-state index is 13.7. The lowest BCUT2D eigenvalue weighted by Gasteiger charge is -2.22. The Balaban J connectivity index is 1.63. The zero-order chi connectivity index (χ0) is 26.7. The molecule has 7 nitrogen and oxygen atoms in total. The van der Waals surface area contributed by atoms with Crippen LogP contribution < -0.4 is 10.6 Å². The summed E-state index contributed by atoms with van der Waals surface area (Å²) in [5, 5.41) is 28.1. The molecule has 0 amide bonds. The van der Waals surface area contributed by atoms with Crippen LogP contribution in [0.3, 0.4) is 0 Å². The summed E-state index contributed by atoms with van der Waals surface area (Å²) in [5.74, 6) is -0.417. The summed E-state index contributed by atoms with van der Waals surface area (Å²) in [6, 6.07) is 19.6. The van der Waals surface area contributed by atoms with Crippen molar-refractivity contribution in [2.45, 2.75) is 25.4 Å². The van der Waals surface area contributed by atoms with Gasteiger partial charge in [0.2, 0.25) is 0 Å². The number of nitriles is 1. The highest BCUT2D eigenvalue weighted by atomic mass is 35.5. The fourth-order valence-corrected chi connectivity index (χ4v) is 4.49. The number of nitrogens with one attached hydrogen (secondary N) is 3. The Morgan fingerprint density at radius 2 is 1.86 bits per heavy atom. The molecule has 184 valence electrons. The van der Waals surface area contributed by atoms with Crippen molar-refractivity contribution in [1.82, 2.24) is 20.4 Å². The zero-order valence-electron chi connectivity index (χ0n) is 20.8. The number of anilines is 2. The molecule has 0 saturated carbocycles. The molecular weight excluding hydrogens is 489 g/mol. The summed E-state index contributed by atoms with van der Waals surface area (Å²) in [6.45, 7) is 2.06. The second-order valence-corrected chi connectivity index (χ2v) is 8.80. The van der Waals surface area contributed by atoms with Crippen molar-refractivity contribution in [3.05, 3.63) is 112 Å². The Morgan fingerprint density at radius 1 is 1.08 bits per heavy atom. The summed E-state index contributed by atoms with van der Waals surface area (Å²) >= 11 is 6.68. The van der Waals surface area contributed by atoms with Crippen molar-refractivity contribution in [2.75, 3.05) is 10.6 Å². The van der Waals surface area contributed by atoms with Gasteiger partial charge in [0.15, 0.2) is 0 Å². The fourth-order valence-electron chi connectivity index (χ4n) is 4.22. The van der Waals surface area contributed by atoms with Crippen molar-refractivity contribution in [2.24, 2.45) is 0 Å². The van der Waals surface area contributed by atoms with Crippen LogP contribution in [-0.4, -0.2) is 20.4 Å². The number of hydrogen-bond donors (Lipinski definition) is 3. The molecule has 37 heavy (non-hydrogen) atoms. The summed E-state index contributed by atoms with van der Waals surface area (Å²) < 4.78 is 23.0. The average Bonchev–Trinajstić information content (AvgIpc) is 3.48. The van der Waals surface area contributed by atoms with E-state index in [0.717, 1.165) is 12.0 Å². The molecule has 0 bridgehead atoms. The predicted octanol–water partition coefficient (Wildman–Crippen LogP) is 6.78. The minimum atomic E-state index is -1.62. The number of nitrogens with zero attached hydrogens (tertiary/aromatic N) is 4. The van der Waals surface area contributed by atoms with E-state index in [0.29, 0.717) is 38.4 Å². The molecule has 5 aromatic rings. The molecule has 0 radical (unpaired) electrons. The Bertz CT molecular complexity index is 1610. The first-order valence-corrected chi connectivity index (χ1v) is 12.0. The second-order valence-electron chi connectivity index (χ2n) is 8.39. The van der Waals surface area contributed by atoms with Crippen LogP contribution >= 0.6 is 11.6 Å². The highest BCUT2D eigenvalue weighted by Crippen LogP contribution is 2.37. The van der Waals surface area contributed by atoms with E-state index in [9.17, 15) is 11.0 Å². The van der Waals surface area contributed by atoms with Crippen LogP contribution in [0.4, 0.5) is 15.8 Å². The van der Waals surface area contributed by atoms with Crippen LogP contribution in [0.15, 0.2) is 79.1 Å². The molecule has 3 aromatic carbocycles. The topological polar surface area (TPSA) is 102 Å². The number of benzene rings is 3. The van der Waals surface area contributed by atoms with Crippen molar-refractivity contribution < 1.29 is 5.76 Å². The number of fused-ring (bicyclic) bond motifs is 1. The number of rotatable bonds is 8. The SMILES string of the molecule is [2H][C@](Nc1cc(Cl)c2ncc(C#N)c(N[C@H](CC)c3ccccc3)c2c1)(c1ccc(F)cc1)c1cn[nH]n1. The van der Waals surface area contributed by atoms with Gasteiger partial charge in [0.25, 0.3) is 0 Å². The first-order valence-electron chi connectivity index (χ1n) is 12.2. The Morgan fingerprint density at radius 3 is 2.54 bits per heavy atom. The average molecular weight is 513 g/mol. The molecule has 3 N–H and O–H groups in total. The van der Waals surface area contributed by atoms with Gasteiger partial charge in [-0.1, -0.05) is 61.0 Å². The molecule has 5 rings (SSSR count). The van der Waals surface area contributed by atoms with E-state index in [1.165, 1.54) is 36.7 Å². The maximum atomic E-state index is 13.7. The molecule has 2 heterocycles. The molecule has 0 spiro atoms. The fraction of sp³-hybridized carbons (Fsp3) is 0.143. The first kappa shape index (κ1) is 23.0. The number of aromatic nitrogens is 4. The maximum Gasteiger partial charge on any atom is 0.123 e. The lowest BCUT2D eigenvalue weighted by atomic mass is 10.0. The monoisotopic (exact) mass is 512 g/mol. The Hall–Kier alpha value is -4.48. The van der Waals surface area contributed by atoms with Crippen LogP contribution in [-0.2, 0) is 0 Å². The first-order chi connectivity index (χ1) is 18.4. The molecule has 0 unspecified atom stereocenters. The third-order valence-corrected chi connectivity index (χ3v) is 6.34. The summed E-state index contributed by atoms with van der Waals surface area (Å²) in [5.41, 5.74) is 3.76. The number of aromatic amines is 1. The van der Waals surface area contributed by atoms with Crippen LogP contribution in [0.2, 0.25) is 5.02 Å². The van der Waals surface area contributed by atoms with E-state index in [1.807, 2.05) is 30.3 Å². The molecule has 0 aliphatic carbocycles. The Kier molecular flexibility index (Phi) is 6.60. The van der Waals surface area contributed by atoms with E-state index in [1.54, 1.807) is 12.1 Å². The lowest BCUT2D eigenvalue weighted by Crippen LogP contribution is -2.14. The minimum Gasteiger partial charge on any atom is -0.377 e. The van der Waals surface area contributed by atoms with Gasteiger partial charge in [0.1, 0.15) is 17.6 Å². The molecule has 9 heteroatoms. The molecular formula is C28H23ClFN7. The largest absolute Gasteiger partial charge is 0.377 e. The van der Waals surface area contributed by atoms with Crippen molar-refractivity contribution in [3.63, 3.8) is 0 Å². The summed E-state index contributed by atoms with van der Waals surface area (Å²) in [4.78, 5) is 4.44. The van der Waals surface area contributed by atoms with E-state index in [-0.39, 0.29) is 11.7 Å². The van der Waals surface area contributed by atoms with Crippen LogP contribution in [0.1, 0.15) is 49.2 Å². The van der Waals surface area contributed by atoms with E-state index in [4.69, 9.17) is 11.6 Å². The van der Waals surface area contributed by atoms with Crippen LogP contribution in [0.25, 0.3) is 10.9 Å². The van der Waals surface area contributed by atoms with Crippen molar-refractivity contribution in [3.8, 4) is 6.07 Å². The van der Waals surface area contributed by atoms with Gasteiger partial charge in [-0.25, -0.2) is 4.39 Å². The zero-order valence-corrected chi connectivity index (χ0v) is 20.6. The molecule has 2 aromatic heterocycles. The molecule has 0 aliphatic rings. The molecule has 0 saturated heterocycles. The predicted molar refractivity (Wildman–Crippen MR) is 143 cm³/mol. The van der Waals surface area contributed by atoms with Crippen LogP contribution in [0, 0.1) is 17.1 Å². The number of hydrogen-bond acceptors (Lipinski definition) is 6. The van der Waals surface area contributed by atoms with Gasteiger partial charge in [0, 0.05) is 17.3 Å². The van der Waals surface area contributed by atoms with Crippen molar-refractivity contribution in [1.29, 1.82) is 5.26 Å². The standard InChI is InChI=1S/C28H23ClFN7/c1-2-24(17-6-4-3-5-7-17)35-26-19(14-31)15-32-28-22(26)12-21(13-23(28)29)34-27(25-16-33-37-36-25)18-8-10-20(30)11-9-18/h3-13,15-16,24,27,34H,2H2,1H3,(H,32,35)(H,33,36,37)/t24-,27+/m1/s1/i27D. The highest BCUT2D eigenvalue weighted by Gasteiger charge is 2.20. The smallest absolute Gasteiger partial charge is 0.123 e. The quantitative estimate of drug-likeness (QED) is 0.212. The second kappa shape index (κ2) is 10.6. The van der Waals surface area contributed by atoms with Gasteiger partial charge in [-0.3, -0.25) is 4.98 Å².